The average Bonchev–Trinajstić information content (AvgIpc) is 2.26. The van der Waals surface area contributed by atoms with Crippen LogP contribution in [0.1, 0.15) is 12.5 Å². The Kier molecular flexibility index (Phi) is 4.84. The highest BCUT2D eigenvalue weighted by atomic mass is 16.6. The predicted octanol–water partition coefficient (Wildman–Crippen LogP) is 1.57. The van der Waals surface area contributed by atoms with E-state index in [4.69, 9.17) is 0 Å². The molecule has 0 aliphatic carbocycles. The zero-order valence-corrected chi connectivity index (χ0v) is 10.4. The zero-order valence-electron chi connectivity index (χ0n) is 10.4. The monoisotopic (exact) mass is 238 g/mol. The second-order valence-corrected chi connectivity index (χ2v) is 4.16. The summed E-state index contributed by atoms with van der Waals surface area (Å²) in [5.41, 5.74) is 0.674. The van der Waals surface area contributed by atoms with E-state index in [0.29, 0.717) is 17.3 Å². The molecule has 0 saturated heterocycles. The van der Waals surface area contributed by atoms with Gasteiger partial charge < -0.3 is 10.6 Å². The fraction of sp³-hybridized carbons (Fsp3) is 0.545. The summed E-state index contributed by atoms with van der Waals surface area (Å²) < 4.78 is 0. The summed E-state index contributed by atoms with van der Waals surface area (Å²) in [6.07, 6.45) is 1.29. The Balaban J connectivity index is 2.62. The Bertz CT molecular complexity index is 395. The van der Waals surface area contributed by atoms with Crippen molar-refractivity contribution in [2.45, 2.75) is 13.8 Å². The summed E-state index contributed by atoms with van der Waals surface area (Å²) in [5, 5.41) is 16.9. The molecule has 6 heteroatoms. The summed E-state index contributed by atoms with van der Waals surface area (Å²) in [6, 6.07) is 1.70. The highest BCUT2D eigenvalue weighted by Crippen LogP contribution is 2.18. The van der Waals surface area contributed by atoms with Crippen molar-refractivity contribution >= 4 is 11.5 Å². The Morgan fingerprint density at radius 2 is 2.24 bits per heavy atom. The molecule has 1 unspecified atom stereocenters. The molecule has 0 aromatic carbocycles. The Morgan fingerprint density at radius 1 is 1.53 bits per heavy atom. The first kappa shape index (κ1) is 13.4. The smallest absolute Gasteiger partial charge is 0.290 e. The van der Waals surface area contributed by atoms with Gasteiger partial charge in [-0.2, -0.15) is 0 Å². The molecule has 17 heavy (non-hydrogen) atoms. The average molecular weight is 238 g/mol. The molecule has 0 fully saturated rings. The molecule has 0 aliphatic rings. The summed E-state index contributed by atoms with van der Waals surface area (Å²) in [4.78, 5) is 14.2. The van der Waals surface area contributed by atoms with Crippen molar-refractivity contribution in [2.24, 2.45) is 5.92 Å². The van der Waals surface area contributed by atoms with Crippen molar-refractivity contribution in [2.75, 3.05) is 25.5 Å². The van der Waals surface area contributed by atoms with Gasteiger partial charge in [0.15, 0.2) is 0 Å². The lowest BCUT2D eigenvalue weighted by atomic mass is 10.2. The lowest BCUT2D eigenvalue weighted by Crippen LogP contribution is -2.23. The summed E-state index contributed by atoms with van der Waals surface area (Å²) in [7, 11) is 1.91. The van der Waals surface area contributed by atoms with Crippen LogP contribution in [-0.2, 0) is 0 Å². The molecule has 2 N–H and O–H groups in total. The predicted molar refractivity (Wildman–Crippen MR) is 67.2 cm³/mol. The van der Waals surface area contributed by atoms with Gasteiger partial charge in [0.05, 0.1) is 4.92 Å². The van der Waals surface area contributed by atoms with Crippen LogP contribution in [0.4, 0.5) is 11.5 Å². The van der Waals surface area contributed by atoms with Crippen molar-refractivity contribution in [1.82, 2.24) is 10.3 Å². The molecule has 1 aromatic rings. The highest BCUT2D eigenvalue weighted by molar-refractivity contribution is 5.46. The Hall–Kier alpha value is -1.69. The molecule has 94 valence electrons. The largest absolute Gasteiger partial charge is 0.370 e. The Labute approximate surface area is 101 Å². The van der Waals surface area contributed by atoms with Crippen LogP contribution in [0.25, 0.3) is 0 Å². The molecule has 0 bridgehead atoms. The van der Waals surface area contributed by atoms with E-state index in [1.807, 2.05) is 7.05 Å². The molecule has 1 heterocycles. The van der Waals surface area contributed by atoms with E-state index in [-0.39, 0.29) is 5.69 Å². The number of anilines is 1. The maximum atomic E-state index is 10.6. The molecule has 1 rings (SSSR count). The number of hydrogen-bond donors (Lipinski definition) is 2. The highest BCUT2D eigenvalue weighted by Gasteiger charge is 2.11. The van der Waals surface area contributed by atoms with Crippen LogP contribution < -0.4 is 10.6 Å². The van der Waals surface area contributed by atoms with Gasteiger partial charge >= 0.3 is 0 Å². The normalized spacial score (nSPS) is 12.2. The topological polar surface area (TPSA) is 80.1 Å². The molecular formula is C11H18N4O2. The lowest BCUT2D eigenvalue weighted by Gasteiger charge is -2.12. The first-order chi connectivity index (χ1) is 8.04. The third-order valence-corrected chi connectivity index (χ3v) is 2.46. The third kappa shape index (κ3) is 3.99. The number of nitrogens with one attached hydrogen (secondary N) is 2. The SMILES string of the molecule is CNCC(C)CNc1cc(C)c([N+](=O)[O-])cn1. The first-order valence-corrected chi connectivity index (χ1v) is 5.54. The second-order valence-electron chi connectivity index (χ2n) is 4.16. The summed E-state index contributed by atoms with van der Waals surface area (Å²) >= 11 is 0. The fourth-order valence-corrected chi connectivity index (χ4v) is 1.54. The minimum absolute atomic E-state index is 0.0545. The van der Waals surface area contributed by atoms with Gasteiger partial charge in [-0.25, -0.2) is 4.98 Å². The van der Waals surface area contributed by atoms with Crippen LogP contribution in [0, 0.1) is 23.0 Å². The van der Waals surface area contributed by atoms with Crippen LogP contribution in [0.3, 0.4) is 0 Å². The second kappa shape index (κ2) is 6.15. The minimum atomic E-state index is -0.421. The van der Waals surface area contributed by atoms with Crippen LogP contribution in [-0.4, -0.2) is 30.0 Å². The molecule has 0 saturated carbocycles. The maximum absolute atomic E-state index is 10.6. The van der Waals surface area contributed by atoms with E-state index in [9.17, 15) is 10.1 Å². The number of aromatic nitrogens is 1. The third-order valence-electron chi connectivity index (χ3n) is 2.46. The quantitative estimate of drug-likeness (QED) is 0.580. The zero-order chi connectivity index (χ0) is 12.8. The molecule has 1 atom stereocenters. The maximum Gasteiger partial charge on any atom is 0.290 e. The summed E-state index contributed by atoms with van der Waals surface area (Å²) in [6.45, 7) is 5.52. The number of nitro groups is 1. The van der Waals surface area contributed by atoms with Gasteiger partial charge in [-0.3, -0.25) is 10.1 Å². The van der Waals surface area contributed by atoms with Crippen LogP contribution in [0.5, 0.6) is 0 Å². The van der Waals surface area contributed by atoms with Crippen LogP contribution >= 0.6 is 0 Å². The number of rotatable bonds is 6. The van der Waals surface area contributed by atoms with Crippen molar-refractivity contribution in [1.29, 1.82) is 0 Å². The summed E-state index contributed by atoms with van der Waals surface area (Å²) in [5.74, 6) is 1.15. The number of pyridine rings is 1. The molecule has 0 amide bonds. The van der Waals surface area contributed by atoms with Gasteiger partial charge in [-0.05, 0) is 32.5 Å². The van der Waals surface area contributed by atoms with E-state index >= 15 is 0 Å². The fourth-order valence-electron chi connectivity index (χ4n) is 1.54. The van der Waals surface area contributed by atoms with Gasteiger partial charge in [0.2, 0.25) is 0 Å². The number of hydrogen-bond acceptors (Lipinski definition) is 5. The molecule has 0 aliphatic heterocycles. The van der Waals surface area contributed by atoms with Gasteiger partial charge in [-0.15, -0.1) is 0 Å². The number of nitrogens with zero attached hydrogens (tertiary/aromatic N) is 2. The van der Waals surface area contributed by atoms with Gasteiger partial charge in [0.25, 0.3) is 5.69 Å². The molecule has 6 nitrogen and oxygen atoms in total. The molecule has 1 aromatic heterocycles. The van der Waals surface area contributed by atoms with Crippen LogP contribution in [0.2, 0.25) is 0 Å². The van der Waals surface area contributed by atoms with Crippen molar-refractivity contribution in [3.63, 3.8) is 0 Å². The van der Waals surface area contributed by atoms with E-state index in [1.165, 1.54) is 6.20 Å². The van der Waals surface area contributed by atoms with Crippen molar-refractivity contribution in [3.05, 3.63) is 27.9 Å². The van der Waals surface area contributed by atoms with Gasteiger partial charge in [0.1, 0.15) is 12.0 Å². The van der Waals surface area contributed by atoms with Crippen molar-refractivity contribution in [3.8, 4) is 0 Å². The number of aryl methyl sites for hydroxylation is 1. The first-order valence-electron chi connectivity index (χ1n) is 5.54. The van der Waals surface area contributed by atoms with Crippen molar-refractivity contribution < 1.29 is 4.92 Å². The van der Waals surface area contributed by atoms with E-state index < -0.39 is 4.92 Å². The van der Waals surface area contributed by atoms with Gasteiger partial charge in [0, 0.05) is 12.1 Å². The van der Waals surface area contributed by atoms with Gasteiger partial charge in [-0.1, -0.05) is 6.92 Å². The lowest BCUT2D eigenvalue weighted by molar-refractivity contribution is -0.385. The minimum Gasteiger partial charge on any atom is -0.370 e. The molecule has 0 spiro atoms. The van der Waals surface area contributed by atoms with Crippen LogP contribution in [0.15, 0.2) is 12.3 Å². The van der Waals surface area contributed by atoms with E-state index in [0.717, 1.165) is 13.1 Å². The molecular weight excluding hydrogens is 220 g/mol. The molecule has 0 radical (unpaired) electrons. The van der Waals surface area contributed by atoms with E-state index in [1.54, 1.807) is 13.0 Å². The van der Waals surface area contributed by atoms with E-state index in [2.05, 4.69) is 22.5 Å². The Morgan fingerprint density at radius 3 is 2.76 bits per heavy atom. The standard InChI is InChI=1S/C11H18N4O2/c1-8(5-12-3)6-13-11-4-9(2)10(7-14-11)15(16)17/h4,7-8,12H,5-6H2,1-3H3,(H,13,14).